The molecule has 0 radical (unpaired) electrons. The average molecular weight is 412 g/mol. The fourth-order valence-electron chi connectivity index (χ4n) is 3.39. The first-order valence-corrected chi connectivity index (χ1v) is 10.3. The summed E-state index contributed by atoms with van der Waals surface area (Å²) in [4.78, 5) is 17.3. The second kappa shape index (κ2) is 9.26. The number of amides is 1. The lowest BCUT2D eigenvalue weighted by Crippen LogP contribution is -2.27. The van der Waals surface area contributed by atoms with Crippen molar-refractivity contribution in [3.63, 3.8) is 0 Å². The summed E-state index contributed by atoms with van der Waals surface area (Å²) < 4.78 is 7.55. The molecule has 2 heterocycles. The number of nitrogens with one attached hydrogen (secondary N) is 1. The van der Waals surface area contributed by atoms with Crippen molar-refractivity contribution in [2.24, 2.45) is 0 Å². The summed E-state index contributed by atoms with van der Waals surface area (Å²) in [6, 6.07) is 22.8. The van der Waals surface area contributed by atoms with Crippen LogP contribution >= 0.6 is 0 Å². The highest BCUT2D eigenvalue weighted by atomic mass is 16.5. The molecular formula is C25H24N4O2. The number of benzene rings is 2. The van der Waals surface area contributed by atoms with Gasteiger partial charge in [0.1, 0.15) is 11.5 Å². The minimum Gasteiger partial charge on any atom is -0.457 e. The summed E-state index contributed by atoms with van der Waals surface area (Å²) in [6.45, 7) is 3.96. The van der Waals surface area contributed by atoms with Crippen molar-refractivity contribution < 1.29 is 9.53 Å². The maximum atomic E-state index is 13.0. The summed E-state index contributed by atoms with van der Waals surface area (Å²) >= 11 is 0. The molecule has 0 aliphatic carbocycles. The van der Waals surface area contributed by atoms with Crippen LogP contribution in [-0.2, 0) is 6.42 Å². The summed E-state index contributed by atoms with van der Waals surface area (Å²) in [5.74, 6) is 2.07. The standard InChI is InChI=1S/C25H24N4O2/c1-3-23-22(17-27-29(23)24-11-7-8-16-26-24)25(30)28-18(2)19-12-14-21(15-13-19)31-20-9-5-4-6-10-20/h4-18H,3H2,1-2H3,(H,28,30). The molecule has 31 heavy (non-hydrogen) atoms. The third-order valence-corrected chi connectivity index (χ3v) is 5.02. The number of hydrogen-bond donors (Lipinski definition) is 1. The molecule has 1 unspecified atom stereocenters. The molecule has 2 aromatic carbocycles. The van der Waals surface area contributed by atoms with E-state index in [1.807, 2.05) is 86.6 Å². The molecule has 1 N–H and O–H groups in total. The van der Waals surface area contributed by atoms with Gasteiger partial charge in [0.15, 0.2) is 5.82 Å². The largest absolute Gasteiger partial charge is 0.457 e. The monoisotopic (exact) mass is 412 g/mol. The van der Waals surface area contributed by atoms with Crippen molar-refractivity contribution in [3.05, 3.63) is 102 Å². The maximum absolute atomic E-state index is 13.0. The zero-order chi connectivity index (χ0) is 21.6. The van der Waals surface area contributed by atoms with E-state index in [1.54, 1.807) is 17.1 Å². The molecule has 6 nitrogen and oxygen atoms in total. The lowest BCUT2D eigenvalue weighted by atomic mass is 10.1. The molecule has 0 aliphatic heterocycles. The van der Waals surface area contributed by atoms with Gasteiger partial charge in [0.05, 0.1) is 23.5 Å². The van der Waals surface area contributed by atoms with E-state index in [-0.39, 0.29) is 11.9 Å². The zero-order valence-electron chi connectivity index (χ0n) is 17.5. The number of hydrogen-bond acceptors (Lipinski definition) is 4. The van der Waals surface area contributed by atoms with Crippen LogP contribution in [0.15, 0.2) is 85.2 Å². The summed E-state index contributed by atoms with van der Waals surface area (Å²) in [7, 11) is 0. The number of ether oxygens (including phenoxy) is 1. The van der Waals surface area contributed by atoms with Crippen molar-refractivity contribution in [1.29, 1.82) is 0 Å². The summed E-state index contributed by atoms with van der Waals surface area (Å²) in [5.41, 5.74) is 2.38. The van der Waals surface area contributed by atoms with Gasteiger partial charge in [0.2, 0.25) is 0 Å². The van der Waals surface area contributed by atoms with Crippen LogP contribution in [0.2, 0.25) is 0 Å². The molecule has 0 spiro atoms. The van der Waals surface area contributed by atoms with Gasteiger partial charge in [-0.1, -0.05) is 43.3 Å². The Morgan fingerprint density at radius 1 is 1.00 bits per heavy atom. The number of carbonyl (C=O) groups is 1. The van der Waals surface area contributed by atoms with Crippen molar-refractivity contribution in [1.82, 2.24) is 20.1 Å². The number of carbonyl (C=O) groups excluding carboxylic acids is 1. The van der Waals surface area contributed by atoms with Crippen LogP contribution in [0.4, 0.5) is 0 Å². The van der Waals surface area contributed by atoms with Gasteiger partial charge >= 0.3 is 0 Å². The van der Waals surface area contributed by atoms with Gasteiger partial charge in [-0.3, -0.25) is 4.79 Å². The number of rotatable bonds is 7. The Bertz CT molecular complexity index is 1140. The Morgan fingerprint density at radius 3 is 2.39 bits per heavy atom. The van der Waals surface area contributed by atoms with E-state index in [0.717, 1.165) is 22.8 Å². The van der Waals surface area contributed by atoms with Crippen molar-refractivity contribution in [2.45, 2.75) is 26.3 Å². The lowest BCUT2D eigenvalue weighted by molar-refractivity contribution is 0.0939. The number of pyridine rings is 1. The first kappa shape index (κ1) is 20.3. The van der Waals surface area contributed by atoms with Crippen molar-refractivity contribution in [2.75, 3.05) is 0 Å². The van der Waals surface area contributed by atoms with E-state index >= 15 is 0 Å². The zero-order valence-corrected chi connectivity index (χ0v) is 17.5. The predicted molar refractivity (Wildman–Crippen MR) is 120 cm³/mol. The number of para-hydroxylation sites is 1. The third kappa shape index (κ3) is 4.64. The van der Waals surface area contributed by atoms with Crippen LogP contribution < -0.4 is 10.1 Å². The molecule has 0 saturated carbocycles. The second-order valence-electron chi connectivity index (χ2n) is 7.14. The highest BCUT2D eigenvalue weighted by molar-refractivity contribution is 5.95. The average Bonchev–Trinajstić information content (AvgIpc) is 3.25. The molecule has 1 atom stereocenters. The lowest BCUT2D eigenvalue weighted by Gasteiger charge is -2.15. The van der Waals surface area contributed by atoms with Crippen LogP contribution in [0, 0.1) is 0 Å². The van der Waals surface area contributed by atoms with Crippen LogP contribution in [0.1, 0.15) is 41.5 Å². The minimum absolute atomic E-state index is 0.156. The highest BCUT2D eigenvalue weighted by Crippen LogP contribution is 2.23. The van der Waals surface area contributed by atoms with Crippen LogP contribution in [0.25, 0.3) is 5.82 Å². The van der Waals surface area contributed by atoms with E-state index in [2.05, 4.69) is 15.4 Å². The quantitative estimate of drug-likeness (QED) is 0.458. The fourth-order valence-corrected chi connectivity index (χ4v) is 3.39. The molecule has 4 aromatic rings. The molecule has 156 valence electrons. The molecule has 0 fully saturated rings. The van der Waals surface area contributed by atoms with Gasteiger partial charge in [-0.05, 0) is 55.3 Å². The molecule has 6 heteroatoms. The number of nitrogens with zero attached hydrogens (tertiary/aromatic N) is 3. The molecule has 0 aliphatic rings. The fraction of sp³-hybridized carbons (Fsp3) is 0.160. The molecule has 0 bridgehead atoms. The Morgan fingerprint density at radius 2 is 1.71 bits per heavy atom. The Hall–Kier alpha value is -3.93. The van der Waals surface area contributed by atoms with Gasteiger partial charge < -0.3 is 10.1 Å². The maximum Gasteiger partial charge on any atom is 0.255 e. The van der Waals surface area contributed by atoms with Gasteiger partial charge in [-0.2, -0.15) is 5.10 Å². The molecule has 2 aromatic heterocycles. The van der Waals surface area contributed by atoms with E-state index in [0.29, 0.717) is 17.8 Å². The van der Waals surface area contributed by atoms with E-state index in [1.165, 1.54) is 0 Å². The Labute approximate surface area is 181 Å². The van der Waals surface area contributed by atoms with Crippen LogP contribution in [-0.4, -0.2) is 20.7 Å². The first-order valence-electron chi connectivity index (χ1n) is 10.3. The van der Waals surface area contributed by atoms with Crippen LogP contribution in [0.5, 0.6) is 11.5 Å². The van der Waals surface area contributed by atoms with E-state index < -0.39 is 0 Å². The van der Waals surface area contributed by atoms with Crippen molar-refractivity contribution in [3.8, 4) is 17.3 Å². The topological polar surface area (TPSA) is 69.0 Å². The predicted octanol–water partition coefficient (Wildman–Crippen LogP) is 5.11. The second-order valence-corrected chi connectivity index (χ2v) is 7.14. The number of aromatic nitrogens is 3. The Balaban J connectivity index is 1.46. The van der Waals surface area contributed by atoms with E-state index in [4.69, 9.17) is 4.74 Å². The van der Waals surface area contributed by atoms with Gasteiger partial charge in [0.25, 0.3) is 5.91 Å². The third-order valence-electron chi connectivity index (χ3n) is 5.02. The van der Waals surface area contributed by atoms with Crippen LogP contribution in [0.3, 0.4) is 0 Å². The van der Waals surface area contributed by atoms with Gasteiger partial charge in [-0.15, -0.1) is 0 Å². The molecular weight excluding hydrogens is 388 g/mol. The summed E-state index contributed by atoms with van der Waals surface area (Å²) in [5, 5.41) is 7.45. The van der Waals surface area contributed by atoms with E-state index in [9.17, 15) is 4.79 Å². The smallest absolute Gasteiger partial charge is 0.255 e. The normalized spacial score (nSPS) is 11.7. The Kier molecular flexibility index (Phi) is 6.08. The molecule has 0 saturated heterocycles. The summed E-state index contributed by atoms with van der Waals surface area (Å²) in [6.07, 6.45) is 3.98. The molecule has 4 rings (SSSR count). The van der Waals surface area contributed by atoms with Gasteiger partial charge in [-0.25, -0.2) is 9.67 Å². The minimum atomic E-state index is -0.166. The first-order chi connectivity index (χ1) is 15.2. The SMILES string of the molecule is CCc1c(C(=O)NC(C)c2ccc(Oc3ccccc3)cc2)cnn1-c1ccccn1. The molecule has 1 amide bonds. The highest BCUT2D eigenvalue weighted by Gasteiger charge is 2.19. The van der Waals surface area contributed by atoms with Gasteiger partial charge in [0, 0.05) is 6.20 Å². The van der Waals surface area contributed by atoms with Crippen molar-refractivity contribution >= 4 is 5.91 Å².